The third-order valence-electron chi connectivity index (χ3n) is 6.59. The van der Waals surface area contributed by atoms with Gasteiger partial charge in [0, 0.05) is 22.4 Å². The Labute approximate surface area is 241 Å². The van der Waals surface area contributed by atoms with Gasteiger partial charge in [-0.15, -0.1) is 0 Å². The smallest absolute Gasteiger partial charge is 0.135 e. The summed E-state index contributed by atoms with van der Waals surface area (Å²) < 4.78 is 33.8. The van der Waals surface area contributed by atoms with Crippen LogP contribution in [0.2, 0.25) is 10.0 Å². The monoisotopic (exact) mass is 584 g/mol. The van der Waals surface area contributed by atoms with Crippen LogP contribution in [-0.2, 0) is 11.3 Å². The third kappa shape index (κ3) is 6.74. The maximum Gasteiger partial charge on any atom is 0.135 e. The number of rotatable bonds is 9. The van der Waals surface area contributed by atoms with Crippen molar-refractivity contribution in [3.05, 3.63) is 153 Å². The fraction of sp³-hybridized carbons (Fsp3) is 0.161. The maximum absolute atomic E-state index is 13.7. The van der Waals surface area contributed by atoms with Crippen molar-refractivity contribution in [2.45, 2.75) is 24.3 Å². The van der Waals surface area contributed by atoms with E-state index >= 15 is 0 Å². The van der Waals surface area contributed by atoms with Crippen LogP contribution in [0, 0.1) is 11.6 Å². The average molecular weight is 586 g/mol. The molecule has 0 N–H and O–H groups in total. The number of alkyl halides is 1. The lowest BCUT2D eigenvalue weighted by Gasteiger charge is -2.34. The van der Waals surface area contributed by atoms with E-state index in [9.17, 15) is 8.78 Å². The molecule has 0 fully saturated rings. The lowest BCUT2D eigenvalue weighted by molar-refractivity contribution is 0.00579. The molecule has 0 aliphatic carbocycles. The molecule has 3 nitrogen and oxygen atoms in total. The van der Waals surface area contributed by atoms with Crippen LogP contribution in [0.3, 0.4) is 0 Å². The second kappa shape index (κ2) is 12.4. The quantitative estimate of drug-likeness (QED) is 0.144. The van der Waals surface area contributed by atoms with Crippen LogP contribution < -0.4 is 0 Å². The summed E-state index contributed by atoms with van der Waals surface area (Å²) in [4.78, 5) is 4.05. The van der Waals surface area contributed by atoms with E-state index in [2.05, 4.69) is 4.90 Å². The lowest BCUT2D eigenvalue weighted by atomic mass is 9.97. The van der Waals surface area contributed by atoms with Gasteiger partial charge in [-0.2, -0.15) is 0 Å². The molecule has 8 heteroatoms. The molecule has 0 bridgehead atoms. The van der Waals surface area contributed by atoms with Gasteiger partial charge in [0.15, 0.2) is 0 Å². The van der Waals surface area contributed by atoms with Gasteiger partial charge in [-0.3, -0.25) is 0 Å². The number of benzene rings is 4. The molecule has 5 rings (SSSR count). The first-order chi connectivity index (χ1) is 18.9. The van der Waals surface area contributed by atoms with Gasteiger partial charge >= 0.3 is 0 Å². The molecule has 200 valence electrons. The zero-order valence-corrected chi connectivity index (χ0v) is 23.0. The highest BCUT2D eigenvalue weighted by Gasteiger charge is 2.32. The molecule has 0 radical (unpaired) electrons. The Hall–Kier alpha value is -3.09. The number of hydrogen-bond donors (Lipinski definition) is 0. The zero-order chi connectivity index (χ0) is 27.4. The summed E-state index contributed by atoms with van der Waals surface area (Å²) in [5, 5.41) is 1.28. The number of nitrogens with zero attached hydrogens (tertiary/aromatic N) is 2. The molecule has 0 saturated carbocycles. The van der Waals surface area contributed by atoms with Crippen LogP contribution in [0.25, 0.3) is 0 Å². The van der Waals surface area contributed by atoms with Crippen LogP contribution in [0.4, 0.5) is 8.78 Å². The fourth-order valence-corrected chi connectivity index (χ4v) is 5.17. The second-order valence-corrected chi connectivity index (χ2v) is 10.6. The Balaban J connectivity index is 1.38. The summed E-state index contributed by atoms with van der Waals surface area (Å²) in [6, 6.07) is 27.3. The number of hydrogen-bond acceptors (Lipinski definition) is 3. The van der Waals surface area contributed by atoms with E-state index in [1.165, 1.54) is 24.3 Å². The molecular formula is C31H25Cl3F2N2O. The summed E-state index contributed by atoms with van der Waals surface area (Å²) in [6.45, 7) is 0.769. The van der Waals surface area contributed by atoms with Crippen molar-refractivity contribution in [3.8, 4) is 0 Å². The minimum atomic E-state index is -0.568. The van der Waals surface area contributed by atoms with Gasteiger partial charge in [0.25, 0.3) is 0 Å². The zero-order valence-electron chi connectivity index (χ0n) is 20.7. The highest BCUT2D eigenvalue weighted by atomic mass is 35.5. The fourth-order valence-electron chi connectivity index (χ4n) is 4.58. The van der Waals surface area contributed by atoms with Crippen molar-refractivity contribution in [2.24, 2.45) is 0 Å². The molecule has 2 unspecified atom stereocenters. The molecule has 2 atom stereocenters. The summed E-state index contributed by atoms with van der Waals surface area (Å²) >= 11 is 19.3. The topological polar surface area (TPSA) is 15.7 Å². The molecule has 0 aromatic heterocycles. The van der Waals surface area contributed by atoms with Gasteiger partial charge < -0.3 is 14.5 Å². The normalized spacial score (nSPS) is 14.7. The van der Waals surface area contributed by atoms with Gasteiger partial charge in [-0.05, 0) is 70.8 Å². The van der Waals surface area contributed by atoms with Crippen LogP contribution >= 0.6 is 34.8 Å². The minimum absolute atomic E-state index is 0.278. The van der Waals surface area contributed by atoms with Crippen LogP contribution in [0.1, 0.15) is 34.4 Å². The van der Waals surface area contributed by atoms with Crippen molar-refractivity contribution < 1.29 is 13.5 Å². The van der Waals surface area contributed by atoms with Crippen LogP contribution in [0.15, 0.2) is 109 Å². The van der Waals surface area contributed by atoms with E-state index in [1.807, 2.05) is 65.8 Å². The summed E-state index contributed by atoms with van der Waals surface area (Å²) in [7, 11) is 0. The maximum atomic E-state index is 13.7. The van der Waals surface area contributed by atoms with E-state index in [-0.39, 0.29) is 17.7 Å². The lowest BCUT2D eigenvalue weighted by Crippen LogP contribution is -2.37. The SMILES string of the molecule is Fc1ccc(C(c2ccc(F)cc2)N2C=CN(C(Cl)C(OCc3ccc(Cl)cc3)c3ccc(Cl)cc3)C2)cc1. The van der Waals surface area contributed by atoms with Crippen molar-refractivity contribution in [1.82, 2.24) is 9.80 Å². The molecule has 1 aliphatic rings. The Bertz CT molecular complexity index is 1350. The predicted molar refractivity (Wildman–Crippen MR) is 152 cm³/mol. The van der Waals surface area contributed by atoms with E-state index < -0.39 is 11.6 Å². The highest BCUT2D eigenvalue weighted by Crippen LogP contribution is 2.36. The van der Waals surface area contributed by atoms with Gasteiger partial charge in [-0.25, -0.2) is 8.78 Å². The van der Waals surface area contributed by atoms with Gasteiger partial charge in [0.05, 0.1) is 19.3 Å². The summed E-state index contributed by atoms with van der Waals surface area (Å²) in [5.41, 5.74) is 3.02. The van der Waals surface area contributed by atoms with E-state index in [4.69, 9.17) is 39.5 Å². The molecule has 4 aromatic rings. The van der Waals surface area contributed by atoms with Crippen molar-refractivity contribution in [1.29, 1.82) is 0 Å². The molecule has 0 amide bonds. The Morgan fingerprint density at radius 3 is 1.64 bits per heavy atom. The summed E-state index contributed by atoms with van der Waals surface area (Å²) in [5.74, 6) is -0.640. The number of ether oxygens (including phenoxy) is 1. The second-order valence-electron chi connectivity index (χ2n) is 9.26. The average Bonchev–Trinajstić information content (AvgIpc) is 3.43. The largest absolute Gasteiger partial charge is 0.365 e. The predicted octanol–water partition coefficient (Wildman–Crippen LogP) is 8.93. The Morgan fingerprint density at radius 1 is 0.641 bits per heavy atom. The van der Waals surface area contributed by atoms with Gasteiger partial charge in [0.1, 0.15) is 23.2 Å². The molecule has 39 heavy (non-hydrogen) atoms. The summed E-state index contributed by atoms with van der Waals surface area (Å²) in [6.07, 6.45) is 3.36. The first-order valence-electron chi connectivity index (χ1n) is 12.3. The van der Waals surface area contributed by atoms with Crippen LogP contribution in [-0.4, -0.2) is 22.0 Å². The molecule has 4 aromatic carbocycles. The van der Waals surface area contributed by atoms with Crippen molar-refractivity contribution in [2.75, 3.05) is 6.67 Å². The van der Waals surface area contributed by atoms with Crippen molar-refractivity contribution in [3.63, 3.8) is 0 Å². The van der Waals surface area contributed by atoms with Crippen molar-refractivity contribution >= 4 is 34.8 Å². The van der Waals surface area contributed by atoms with Gasteiger partial charge in [-0.1, -0.05) is 83.3 Å². The minimum Gasteiger partial charge on any atom is -0.365 e. The standard InChI is InChI=1S/C31H25Cl3F2N2O/c32-25-9-1-21(2-10-25)19-39-30(24-3-11-26(33)12-4-24)31(34)38-18-17-37(20-38)29(22-5-13-27(35)14-6-22)23-7-15-28(36)16-8-23/h1-18,29-31H,19-20H2. The molecular weight excluding hydrogens is 561 g/mol. The first-order valence-corrected chi connectivity index (χ1v) is 13.5. The molecule has 0 saturated heterocycles. The van der Waals surface area contributed by atoms with E-state index in [0.717, 1.165) is 22.3 Å². The molecule has 1 heterocycles. The number of halogens is 5. The molecule has 1 aliphatic heterocycles. The van der Waals surface area contributed by atoms with E-state index in [1.54, 1.807) is 24.3 Å². The van der Waals surface area contributed by atoms with E-state index in [0.29, 0.717) is 23.3 Å². The highest BCUT2D eigenvalue weighted by molar-refractivity contribution is 6.30. The third-order valence-corrected chi connectivity index (χ3v) is 7.57. The van der Waals surface area contributed by atoms with Gasteiger partial charge in [0.2, 0.25) is 0 Å². The van der Waals surface area contributed by atoms with Crippen LogP contribution in [0.5, 0.6) is 0 Å². The molecule has 0 spiro atoms. The Kier molecular flexibility index (Phi) is 8.73. The first kappa shape index (κ1) is 27.5. The Morgan fingerprint density at radius 2 is 1.10 bits per heavy atom.